The van der Waals surface area contributed by atoms with Gasteiger partial charge in [-0.2, -0.15) is 0 Å². The molecule has 0 bridgehead atoms. The molecule has 21 heavy (non-hydrogen) atoms. The zero-order valence-electron chi connectivity index (χ0n) is 12.1. The van der Waals surface area contributed by atoms with Crippen molar-refractivity contribution in [2.45, 2.75) is 6.92 Å². The van der Waals surface area contributed by atoms with Crippen molar-refractivity contribution in [3.63, 3.8) is 0 Å². The molecule has 0 saturated heterocycles. The third-order valence-corrected chi connectivity index (χ3v) is 3.04. The number of carbonyl (C=O) groups is 2. The molecule has 0 saturated carbocycles. The van der Waals surface area contributed by atoms with Crippen LogP contribution in [0.2, 0.25) is 0 Å². The van der Waals surface area contributed by atoms with Gasteiger partial charge in [0.2, 0.25) is 11.8 Å². The molecule has 0 aromatic heterocycles. The van der Waals surface area contributed by atoms with Crippen molar-refractivity contribution in [3.05, 3.63) is 35.5 Å². The fourth-order valence-corrected chi connectivity index (χ4v) is 1.88. The summed E-state index contributed by atoms with van der Waals surface area (Å²) in [6.45, 7) is 1.39. The monoisotopic (exact) mass is 288 g/mol. The molecule has 1 heterocycles. The standard InChI is InChI=1S/C15H16N2O4/c1-10(18)17-9-14(21-3)16-13(15(17)19)8-11-4-6-12(20-2)7-5-11/h4-8H,9H2,1-3H3/b13-8+. The summed E-state index contributed by atoms with van der Waals surface area (Å²) >= 11 is 0. The summed E-state index contributed by atoms with van der Waals surface area (Å²) in [5, 5.41) is 0. The summed E-state index contributed by atoms with van der Waals surface area (Å²) in [5.74, 6) is 0.271. The molecule has 0 fully saturated rings. The Hall–Kier alpha value is -2.63. The zero-order chi connectivity index (χ0) is 15.4. The lowest BCUT2D eigenvalue weighted by Gasteiger charge is -2.24. The highest BCUT2D eigenvalue weighted by atomic mass is 16.5. The normalized spacial score (nSPS) is 16.7. The van der Waals surface area contributed by atoms with E-state index < -0.39 is 5.91 Å². The van der Waals surface area contributed by atoms with Gasteiger partial charge in [0, 0.05) is 6.92 Å². The Balaban J connectivity index is 2.36. The van der Waals surface area contributed by atoms with Crippen LogP contribution in [0.25, 0.3) is 6.08 Å². The van der Waals surface area contributed by atoms with Crippen LogP contribution in [0.4, 0.5) is 0 Å². The van der Waals surface area contributed by atoms with Crippen LogP contribution in [0.15, 0.2) is 35.0 Å². The molecule has 1 aromatic rings. The molecule has 110 valence electrons. The second kappa shape index (κ2) is 6.21. The molecule has 0 spiro atoms. The van der Waals surface area contributed by atoms with Gasteiger partial charge >= 0.3 is 0 Å². The maximum absolute atomic E-state index is 12.2. The van der Waals surface area contributed by atoms with Crippen LogP contribution >= 0.6 is 0 Å². The molecule has 1 aliphatic rings. The van der Waals surface area contributed by atoms with Gasteiger partial charge in [-0.05, 0) is 23.8 Å². The van der Waals surface area contributed by atoms with Crippen molar-refractivity contribution in [3.8, 4) is 5.75 Å². The smallest absolute Gasteiger partial charge is 0.279 e. The number of imide groups is 1. The highest BCUT2D eigenvalue weighted by Crippen LogP contribution is 2.18. The van der Waals surface area contributed by atoms with Gasteiger partial charge in [-0.25, -0.2) is 4.99 Å². The fraction of sp³-hybridized carbons (Fsp3) is 0.267. The number of hydrogen-bond donors (Lipinski definition) is 0. The minimum atomic E-state index is -0.431. The molecule has 0 N–H and O–H groups in total. The number of amides is 2. The molecule has 0 aliphatic carbocycles. The third kappa shape index (κ3) is 3.28. The van der Waals surface area contributed by atoms with Crippen LogP contribution in [-0.4, -0.2) is 43.4 Å². The average molecular weight is 288 g/mol. The van der Waals surface area contributed by atoms with E-state index >= 15 is 0 Å². The number of nitrogens with zero attached hydrogens (tertiary/aromatic N) is 2. The predicted octanol–water partition coefficient (Wildman–Crippen LogP) is 1.47. The molecule has 6 nitrogen and oxygen atoms in total. The predicted molar refractivity (Wildman–Crippen MR) is 77.8 cm³/mol. The molecule has 2 amide bonds. The highest BCUT2D eigenvalue weighted by Gasteiger charge is 2.28. The number of rotatable bonds is 2. The topological polar surface area (TPSA) is 68.2 Å². The van der Waals surface area contributed by atoms with Crippen molar-refractivity contribution in [2.24, 2.45) is 4.99 Å². The molecule has 0 radical (unpaired) electrons. The Morgan fingerprint density at radius 1 is 1.24 bits per heavy atom. The summed E-state index contributed by atoms with van der Waals surface area (Å²) in [5.41, 5.74) is 0.947. The number of ether oxygens (including phenoxy) is 2. The first kappa shape index (κ1) is 14.8. The minimum absolute atomic E-state index is 0.0601. The van der Waals surface area contributed by atoms with Crippen molar-refractivity contribution in [1.82, 2.24) is 4.90 Å². The van der Waals surface area contributed by atoms with E-state index in [-0.39, 0.29) is 18.1 Å². The Morgan fingerprint density at radius 3 is 2.43 bits per heavy atom. The molecular weight excluding hydrogens is 272 g/mol. The second-order valence-corrected chi connectivity index (χ2v) is 4.42. The Labute approximate surface area is 122 Å². The Morgan fingerprint density at radius 2 is 1.90 bits per heavy atom. The zero-order valence-corrected chi connectivity index (χ0v) is 12.1. The van der Waals surface area contributed by atoms with Gasteiger partial charge in [-0.3, -0.25) is 14.5 Å². The van der Waals surface area contributed by atoms with Crippen LogP contribution in [0, 0.1) is 0 Å². The van der Waals surface area contributed by atoms with Gasteiger partial charge in [-0.15, -0.1) is 0 Å². The van der Waals surface area contributed by atoms with Gasteiger partial charge < -0.3 is 9.47 Å². The SMILES string of the molecule is COC1=N/C(=C/c2ccc(OC)cc2)C(=O)N(C(C)=O)C1. The number of hydrogen-bond acceptors (Lipinski definition) is 5. The average Bonchev–Trinajstić information content (AvgIpc) is 2.49. The van der Waals surface area contributed by atoms with Crippen LogP contribution in [0.1, 0.15) is 12.5 Å². The van der Waals surface area contributed by atoms with Crippen LogP contribution in [0.3, 0.4) is 0 Å². The number of aliphatic imine (C=N–C) groups is 1. The molecule has 1 aromatic carbocycles. The van der Waals surface area contributed by atoms with Gasteiger partial charge in [0.1, 0.15) is 18.0 Å². The van der Waals surface area contributed by atoms with E-state index in [2.05, 4.69) is 4.99 Å². The summed E-state index contributed by atoms with van der Waals surface area (Å²) in [6.07, 6.45) is 1.61. The molecule has 6 heteroatoms. The van der Waals surface area contributed by atoms with E-state index in [9.17, 15) is 9.59 Å². The summed E-state index contributed by atoms with van der Waals surface area (Å²) in [4.78, 5) is 28.9. The second-order valence-electron chi connectivity index (χ2n) is 4.42. The van der Waals surface area contributed by atoms with E-state index in [1.807, 2.05) is 0 Å². The first-order chi connectivity index (χ1) is 10.0. The lowest BCUT2D eigenvalue weighted by atomic mass is 10.1. The molecule has 0 atom stereocenters. The van der Waals surface area contributed by atoms with Gasteiger partial charge in [-0.1, -0.05) is 12.1 Å². The van der Waals surface area contributed by atoms with E-state index in [1.165, 1.54) is 14.0 Å². The van der Waals surface area contributed by atoms with Gasteiger partial charge in [0.25, 0.3) is 5.91 Å². The van der Waals surface area contributed by atoms with Crippen molar-refractivity contribution < 1.29 is 19.1 Å². The van der Waals surface area contributed by atoms with Crippen LogP contribution in [0.5, 0.6) is 5.75 Å². The summed E-state index contributed by atoms with van der Waals surface area (Å²) in [6, 6.07) is 7.16. The van der Waals surface area contributed by atoms with E-state index in [4.69, 9.17) is 9.47 Å². The Bertz CT molecular complexity index is 617. The van der Waals surface area contributed by atoms with E-state index in [0.29, 0.717) is 5.90 Å². The van der Waals surface area contributed by atoms with Crippen LogP contribution in [-0.2, 0) is 14.3 Å². The fourth-order valence-electron chi connectivity index (χ4n) is 1.88. The van der Waals surface area contributed by atoms with Crippen molar-refractivity contribution >= 4 is 23.8 Å². The maximum atomic E-state index is 12.2. The number of carbonyl (C=O) groups excluding carboxylic acids is 2. The van der Waals surface area contributed by atoms with Gasteiger partial charge in [0.05, 0.1) is 14.2 Å². The third-order valence-electron chi connectivity index (χ3n) is 3.04. The first-order valence-electron chi connectivity index (χ1n) is 6.35. The minimum Gasteiger partial charge on any atom is -0.497 e. The lowest BCUT2D eigenvalue weighted by Crippen LogP contribution is -2.43. The Kier molecular flexibility index (Phi) is 4.37. The number of methoxy groups -OCH3 is 2. The first-order valence-corrected chi connectivity index (χ1v) is 6.35. The molecule has 2 rings (SSSR count). The lowest BCUT2D eigenvalue weighted by molar-refractivity contribution is -0.140. The van der Waals surface area contributed by atoms with Crippen molar-refractivity contribution in [1.29, 1.82) is 0 Å². The van der Waals surface area contributed by atoms with E-state index in [0.717, 1.165) is 16.2 Å². The number of benzene rings is 1. The quantitative estimate of drug-likeness (QED) is 0.773. The van der Waals surface area contributed by atoms with Crippen molar-refractivity contribution in [2.75, 3.05) is 20.8 Å². The largest absolute Gasteiger partial charge is 0.497 e. The van der Waals surface area contributed by atoms with Gasteiger partial charge in [0.15, 0.2) is 0 Å². The maximum Gasteiger partial charge on any atom is 0.279 e. The highest BCUT2D eigenvalue weighted by molar-refractivity contribution is 6.11. The molecular formula is C15H16N2O4. The molecule has 0 unspecified atom stereocenters. The molecule has 1 aliphatic heterocycles. The van der Waals surface area contributed by atoms with E-state index in [1.54, 1.807) is 37.5 Å². The summed E-state index contributed by atoms with van der Waals surface area (Å²) in [7, 11) is 3.04. The summed E-state index contributed by atoms with van der Waals surface area (Å²) < 4.78 is 10.1. The van der Waals surface area contributed by atoms with Crippen LogP contribution < -0.4 is 4.74 Å².